The Morgan fingerprint density at radius 1 is 1.03 bits per heavy atom. The summed E-state index contributed by atoms with van der Waals surface area (Å²) in [5.41, 5.74) is 2.30. The fourth-order valence-corrected chi connectivity index (χ4v) is 3.53. The third kappa shape index (κ3) is 7.53. The van der Waals surface area contributed by atoms with E-state index in [1.807, 2.05) is 24.3 Å². The summed E-state index contributed by atoms with van der Waals surface area (Å²) in [6.45, 7) is 6.13. The molecule has 0 aliphatic heterocycles. The van der Waals surface area contributed by atoms with E-state index in [2.05, 4.69) is 45.3 Å². The molecule has 8 heteroatoms. The van der Waals surface area contributed by atoms with Crippen molar-refractivity contribution in [2.24, 2.45) is 0 Å². The number of aliphatic carboxylic acids is 1. The van der Waals surface area contributed by atoms with E-state index >= 15 is 0 Å². The maximum absolute atomic E-state index is 12.8. The molecule has 2 aromatic rings. The molecular weight excluding hydrogens is 474 g/mol. The molecule has 2 aromatic carbocycles. The fourth-order valence-electron chi connectivity index (χ4n) is 3.07. The van der Waals surface area contributed by atoms with Gasteiger partial charge in [0.15, 0.2) is 0 Å². The third-order valence-corrected chi connectivity index (χ3v) is 5.49. The number of carboxylic acids is 1. The Morgan fingerprint density at radius 2 is 1.69 bits per heavy atom. The first kappa shape index (κ1) is 25.1. The quantitative estimate of drug-likeness (QED) is 0.318. The summed E-state index contributed by atoms with van der Waals surface area (Å²) in [5.74, 6) is -1.83. The second kappa shape index (κ2) is 12.7. The van der Waals surface area contributed by atoms with Gasteiger partial charge in [0.25, 0.3) is 11.8 Å². The van der Waals surface area contributed by atoms with Crippen molar-refractivity contribution in [2.45, 2.75) is 26.7 Å². The van der Waals surface area contributed by atoms with Gasteiger partial charge in [-0.15, -0.1) is 0 Å². The Balaban J connectivity index is 2.24. The molecule has 2 amide bonds. The molecule has 0 saturated heterocycles. The van der Waals surface area contributed by atoms with Crippen molar-refractivity contribution >= 4 is 45.5 Å². The van der Waals surface area contributed by atoms with Crippen molar-refractivity contribution in [1.29, 1.82) is 0 Å². The Bertz CT molecular complexity index is 969. The number of carbonyl (C=O) groups excluding carboxylic acids is 2. The van der Waals surface area contributed by atoms with Crippen molar-refractivity contribution in [1.82, 2.24) is 10.6 Å². The van der Waals surface area contributed by atoms with E-state index in [4.69, 9.17) is 5.11 Å². The van der Waals surface area contributed by atoms with E-state index in [-0.39, 0.29) is 18.7 Å². The number of hydrogen-bond acceptors (Lipinski definition) is 4. The average molecular weight is 502 g/mol. The predicted molar refractivity (Wildman–Crippen MR) is 129 cm³/mol. The van der Waals surface area contributed by atoms with Crippen molar-refractivity contribution in [2.75, 3.05) is 24.5 Å². The molecule has 0 aliphatic rings. The molecule has 0 atom stereocenters. The third-order valence-electron chi connectivity index (χ3n) is 4.80. The van der Waals surface area contributed by atoms with E-state index in [0.29, 0.717) is 16.5 Å². The fraction of sp³-hybridized carbons (Fsp3) is 0.292. The number of nitrogens with zero attached hydrogens (tertiary/aromatic N) is 1. The highest BCUT2D eigenvalue weighted by molar-refractivity contribution is 9.10. The number of carbonyl (C=O) groups is 3. The molecule has 0 fully saturated rings. The van der Waals surface area contributed by atoms with Crippen molar-refractivity contribution < 1.29 is 19.5 Å². The van der Waals surface area contributed by atoms with Crippen LogP contribution in [0.4, 0.5) is 5.69 Å². The van der Waals surface area contributed by atoms with E-state index < -0.39 is 17.8 Å². The second-order valence-corrected chi connectivity index (χ2v) is 7.86. The van der Waals surface area contributed by atoms with Crippen LogP contribution in [0, 0.1) is 0 Å². The summed E-state index contributed by atoms with van der Waals surface area (Å²) in [6, 6.07) is 14.6. The number of amides is 2. The molecular formula is C24H28BrN3O4. The number of benzene rings is 2. The van der Waals surface area contributed by atoms with Crippen molar-refractivity contribution in [3.63, 3.8) is 0 Å². The molecule has 0 saturated carbocycles. The lowest BCUT2D eigenvalue weighted by Gasteiger charge is -2.21. The van der Waals surface area contributed by atoms with Gasteiger partial charge in [-0.2, -0.15) is 0 Å². The van der Waals surface area contributed by atoms with Crippen LogP contribution in [0.3, 0.4) is 0 Å². The minimum absolute atomic E-state index is 0.0462. The molecule has 32 heavy (non-hydrogen) atoms. The SMILES string of the molecule is CCN(CC)c1ccc(/C=C(/NC(=O)c2ccccc2Br)C(=O)NCCCC(=O)O)cc1. The van der Waals surface area contributed by atoms with Gasteiger partial charge in [-0.3, -0.25) is 14.4 Å². The van der Waals surface area contributed by atoms with Gasteiger partial charge in [-0.25, -0.2) is 0 Å². The monoisotopic (exact) mass is 501 g/mol. The number of nitrogens with one attached hydrogen (secondary N) is 2. The Kier molecular flexibility index (Phi) is 9.94. The summed E-state index contributed by atoms with van der Waals surface area (Å²) in [4.78, 5) is 38.4. The van der Waals surface area contributed by atoms with Gasteiger partial charge in [-0.05, 0) is 72.1 Å². The number of anilines is 1. The zero-order valence-electron chi connectivity index (χ0n) is 18.2. The smallest absolute Gasteiger partial charge is 0.303 e. The Labute approximate surface area is 196 Å². The van der Waals surface area contributed by atoms with Crippen LogP contribution in [0.1, 0.15) is 42.6 Å². The number of halogens is 1. The van der Waals surface area contributed by atoms with Crippen LogP contribution in [0.15, 0.2) is 58.7 Å². The van der Waals surface area contributed by atoms with Crippen molar-refractivity contribution in [3.05, 3.63) is 69.8 Å². The maximum atomic E-state index is 12.8. The standard InChI is InChI=1S/C24H28BrN3O4/c1-3-28(4-2)18-13-11-17(12-14-18)16-21(24(32)26-15-7-10-22(29)30)27-23(31)19-8-5-6-9-20(19)25/h5-6,8-9,11-14,16H,3-4,7,10,15H2,1-2H3,(H,26,32)(H,27,31)(H,29,30)/b21-16+. The molecule has 0 spiro atoms. The minimum Gasteiger partial charge on any atom is -0.481 e. The molecule has 2 rings (SSSR count). The summed E-state index contributed by atoms with van der Waals surface area (Å²) < 4.78 is 0.613. The highest BCUT2D eigenvalue weighted by atomic mass is 79.9. The number of carboxylic acid groups (broad SMARTS) is 1. The van der Waals surface area contributed by atoms with Gasteiger partial charge in [0.05, 0.1) is 5.56 Å². The maximum Gasteiger partial charge on any atom is 0.303 e. The van der Waals surface area contributed by atoms with Gasteiger partial charge in [0.1, 0.15) is 5.70 Å². The first-order valence-corrected chi connectivity index (χ1v) is 11.3. The summed E-state index contributed by atoms with van der Waals surface area (Å²) in [6.07, 6.45) is 1.86. The van der Waals surface area contributed by atoms with Gasteiger partial charge in [-0.1, -0.05) is 24.3 Å². The highest BCUT2D eigenvalue weighted by Gasteiger charge is 2.16. The van der Waals surface area contributed by atoms with Gasteiger partial charge >= 0.3 is 5.97 Å². The molecule has 0 aromatic heterocycles. The summed E-state index contributed by atoms with van der Waals surface area (Å²) >= 11 is 3.35. The van der Waals surface area contributed by atoms with Crippen LogP contribution in [0.2, 0.25) is 0 Å². The molecule has 170 valence electrons. The normalized spacial score (nSPS) is 11.0. The molecule has 0 unspecified atom stereocenters. The zero-order valence-corrected chi connectivity index (χ0v) is 19.8. The molecule has 7 nitrogen and oxygen atoms in total. The molecule has 0 bridgehead atoms. The molecule has 0 aliphatic carbocycles. The van der Waals surface area contributed by atoms with E-state index in [1.165, 1.54) is 0 Å². The minimum atomic E-state index is -0.925. The van der Waals surface area contributed by atoms with E-state index in [9.17, 15) is 14.4 Å². The average Bonchev–Trinajstić information content (AvgIpc) is 2.78. The predicted octanol–water partition coefficient (Wildman–Crippen LogP) is 4.05. The Morgan fingerprint density at radius 3 is 2.28 bits per heavy atom. The molecule has 0 heterocycles. The van der Waals surface area contributed by atoms with Crippen LogP contribution in [0.5, 0.6) is 0 Å². The van der Waals surface area contributed by atoms with Crippen molar-refractivity contribution in [3.8, 4) is 0 Å². The van der Waals surface area contributed by atoms with Gasteiger partial charge in [0, 0.05) is 36.2 Å². The summed E-state index contributed by atoms with van der Waals surface area (Å²) in [5, 5.41) is 14.1. The lowest BCUT2D eigenvalue weighted by molar-refractivity contribution is -0.137. The van der Waals surface area contributed by atoms with Gasteiger partial charge < -0.3 is 20.6 Å². The largest absolute Gasteiger partial charge is 0.481 e. The molecule has 3 N–H and O–H groups in total. The van der Waals surface area contributed by atoms with Crippen LogP contribution in [0.25, 0.3) is 6.08 Å². The lowest BCUT2D eigenvalue weighted by Crippen LogP contribution is -2.35. The van der Waals surface area contributed by atoms with E-state index in [1.54, 1.807) is 30.3 Å². The topological polar surface area (TPSA) is 98.7 Å². The highest BCUT2D eigenvalue weighted by Crippen LogP contribution is 2.18. The van der Waals surface area contributed by atoms with Crippen LogP contribution < -0.4 is 15.5 Å². The Hall–Kier alpha value is -3.13. The first-order valence-electron chi connectivity index (χ1n) is 10.5. The van der Waals surface area contributed by atoms with Gasteiger partial charge in [0.2, 0.25) is 0 Å². The number of hydrogen-bond donors (Lipinski definition) is 3. The second-order valence-electron chi connectivity index (χ2n) is 7.01. The van der Waals surface area contributed by atoms with E-state index in [0.717, 1.165) is 24.3 Å². The first-order chi connectivity index (χ1) is 15.3. The zero-order chi connectivity index (χ0) is 23.5. The molecule has 0 radical (unpaired) electrons. The number of rotatable bonds is 11. The lowest BCUT2D eigenvalue weighted by atomic mass is 10.1. The van der Waals surface area contributed by atoms with Crippen LogP contribution in [-0.4, -0.2) is 42.5 Å². The van der Waals surface area contributed by atoms with Crippen LogP contribution in [-0.2, 0) is 9.59 Å². The van der Waals surface area contributed by atoms with Crippen LogP contribution >= 0.6 is 15.9 Å². The summed E-state index contributed by atoms with van der Waals surface area (Å²) in [7, 11) is 0.